The van der Waals surface area contributed by atoms with Crippen LogP contribution in [0.5, 0.6) is 0 Å². The summed E-state index contributed by atoms with van der Waals surface area (Å²) in [5, 5.41) is 5.67. The van der Waals surface area contributed by atoms with Crippen LogP contribution in [0.2, 0.25) is 5.02 Å². The van der Waals surface area contributed by atoms with Gasteiger partial charge in [0.15, 0.2) is 0 Å². The zero-order valence-corrected chi connectivity index (χ0v) is 17.7. The van der Waals surface area contributed by atoms with Crippen molar-refractivity contribution in [2.45, 2.75) is 24.3 Å². The Balaban J connectivity index is 1.69. The Morgan fingerprint density at radius 1 is 1.14 bits per heavy atom. The number of carbonyl (C=O) groups excluding carboxylic acids is 2. The van der Waals surface area contributed by atoms with E-state index in [0.29, 0.717) is 5.69 Å². The van der Waals surface area contributed by atoms with Crippen molar-refractivity contribution in [2.24, 2.45) is 5.92 Å². The molecule has 2 amide bonds. The van der Waals surface area contributed by atoms with E-state index in [1.165, 1.54) is 32.3 Å². The maximum atomic E-state index is 12.5. The Bertz CT molecular complexity index is 1050. The molecule has 0 atom stereocenters. The summed E-state index contributed by atoms with van der Waals surface area (Å²) in [6, 6.07) is 11.3. The fourth-order valence-electron chi connectivity index (χ4n) is 2.67. The summed E-state index contributed by atoms with van der Waals surface area (Å²) in [5.41, 5.74) is 1.68. The van der Waals surface area contributed by atoms with E-state index < -0.39 is 15.9 Å². The Morgan fingerprint density at radius 2 is 1.86 bits per heavy atom. The van der Waals surface area contributed by atoms with Crippen LogP contribution in [0, 0.1) is 5.92 Å². The number of anilines is 1. The molecule has 154 valence electrons. The Labute approximate surface area is 175 Å². The molecule has 2 aromatic rings. The molecule has 1 aliphatic rings. The Kier molecular flexibility index (Phi) is 6.26. The van der Waals surface area contributed by atoms with Gasteiger partial charge in [0.05, 0.1) is 5.02 Å². The van der Waals surface area contributed by atoms with Crippen molar-refractivity contribution in [2.75, 3.05) is 19.4 Å². The van der Waals surface area contributed by atoms with E-state index in [1.54, 1.807) is 18.2 Å². The minimum absolute atomic E-state index is 0.0157. The predicted molar refractivity (Wildman–Crippen MR) is 111 cm³/mol. The zero-order valence-electron chi connectivity index (χ0n) is 16.1. The second kappa shape index (κ2) is 8.52. The first kappa shape index (κ1) is 21.3. The lowest BCUT2D eigenvalue weighted by molar-refractivity contribution is -0.117. The van der Waals surface area contributed by atoms with Crippen molar-refractivity contribution >= 4 is 39.1 Å². The topological polar surface area (TPSA) is 95.6 Å². The van der Waals surface area contributed by atoms with Crippen molar-refractivity contribution in [1.82, 2.24) is 9.62 Å². The van der Waals surface area contributed by atoms with Gasteiger partial charge in [-0.1, -0.05) is 23.7 Å². The van der Waals surface area contributed by atoms with Crippen molar-refractivity contribution in [3.05, 3.63) is 58.6 Å². The van der Waals surface area contributed by atoms with E-state index in [0.717, 1.165) is 22.7 Å². The van der Waals surface area contributed by atoms with Crippen LogP contribution in [0.1, 0.15) is 28.8 Å². The number of hydrogen-bond donors (Lipinski definition) is 2. The molecule has 1 aliphatic carbocycles. The summed E-state index contributed by atoms with van der Waals surface area (Å²) in [7, 11) is -0.976. The maximum absolute atomic E-state index is 12.5. The van der Waals surface area contributed by atoms with Gasteiger partial charge in [0.25, 0.3) is 5.91 Å². The molecule has 1 saturated carbocycles. The van der Waals surface area contributed by atoms with Crippen LogP contribution >= 0.6 is 11.6 Å². The quantitative estimate of drug-likeness (QED) is 0.699. The molecule has 2 aromatic carbocycles. The summed E-state index contributed by atoms with van der Waals surface area (Å²) in [4.78, 5) is 24.3. The van der Waals surface area contributed by atoms with Gasteiger partial charge < -0.3 is 10.6 Å². The minimum atomic E-state index is -3.77. The number of nitrogens with zero attached hydrogens (tertiary/aromatic N) is 1. The fourth-order valence-corrected chi connectivity index (χ4v) is 4.07. The van der Waals surface area contributed by atoms with Gasteiger partial charge >= 0.3 is 0 Å². The van der Waals surface area contributed by atoms with Gasteiger partial charge in [0.1, 0.15) is 4.90 Å². The molecule has 9 heteroatoms. The smallest absolute Gasteiger partial charge is 0.251 e. The highest BCUT2D eigenvalue weighted by atomic mass is 35.5. The van der Waals surface area contributed by atoms with E-state index >= 15 is 0 Å². The van der Waals surface area contributed by atoms with E-state index in [2.05, 4.69) is 10.6 Å². The molecule has 1 fully saturated rings. The number of amides is 2. The normalized spacial score (nSPS) is 13.9. The van der Waals surface area contributed by atoms with E-state index in [4.69, 9.17) is 11.6 Å². The van der Waals surface area contributed by atoms with Gasteiger partial charge in [-0.05, 0) is 48.7 Å². The van der Waals surface area contributed by atoms with Crippen molar-refractivity contribution < 1.29 is 18.0 Å². The highest BCUT2D eigenvalue weighted by molar-refractivity contribution is 7.89. The largest absolute Gasteiger partial charge is 0.348 e. The van der Waals surface area contributed by atoms with Gasteiger partial charge in [0.2, 0.25) is 15.9 Å². The first-order valence-electron chi connectivity index (χ1n) is 9.08. The number of hydrogen-bond acceptors (Lipinski definition) is 4. The predicted octanol–water partition coefficient (Wildman–Crippen LogP) is 2.87. The van der Waals surface area contributed by atoms with Gasteiger partial charge in [-0.3, -0.25) is 9.59 Å². The first-order valence-corrected chi connectivity index (χ1v) is 10.9. The van der Waals surface area contributed by atoms with Crippen molar-refractivity contribution in [3.63, 3.8) is 0 Å². The number of rotatable bonds is 7. The lowest BCUT2D eigenvalue weighted by Gasteiger charge is -2.14. The molecular formula is C20H22ClN3O4S. The Morgan fingerprint density at radius 3 is 2.52 bits per heavy atom. The van der Waals surface area contributed by atoms with Crippen LogP contribution in [-0.4, -0.2) is 38.6 Å². The summed E-state index contributed by atoms with van der Waals surface area (Å²) in [5.74, 6) is -0.304. The SMILES string of the molecule is CN(C)S(=O)(=O)c1cc(C(=O)NCc2cccc(NC(=O)C3CC3)c2)ccc1Cl. The number of sulfonamides is 1. The summed E-state index contributed by atoms with van der Waals surface area (Å²) in [6.07, 6.45) is 1.85. The maximum Gasteiger partial charge on any atom is 0.251 e. The molecule has 0 radical (unpaired) electrons. The van der Waals surface area contributed by atoms with Crippen LogP contribution in [0.4, 0.5) is 5.69 Å². The molecule has 0 unspecified atom stereocenters. The number of benzene rings is 2. The lowest BCUT2D eigenvalue weighted by atomic mass is 10.1. The Hall–Kier alpha value is -2.42. The molecule has 3 rings (SSSR count). The van der Waals surface area contributed by atoms with Crippen LogP contribution in [0.3, 0.4) is 0 Å². The molecule has 0 saturated heterocycles. The third-order valence-corrected chi connectivity index (χ3v) is 6.84. The third-order valence-electron chi connectivity index (χ3n) is 4.55. The molecule has 0 aliphatic heterocycles. The molecule has 0 heterocycles. The van der Waals surface area contributed by atoms with Crippen LogP contribution in [-0.2, 0) is 21.4 Å². The molecule has 0 bridgehead atoms. The summed E-state index contributed by atoms with van der Waals surface area (Å²) >= 11 is 6.02. The summed E-state index contributed by atoms with van der Waals surface area (Å²) in [6.45, 7) is 0.227. The van der Waals surface area contributed by atoms with Crippen molar-refractivity contribution in [3.8, 4) is 0 Å². The van der Waals surface area contributed by atoms with Gasteiger partial charge in [-0.15, -0.1) is 0 Å². The average Bonchev–Trinajstić information content (AvgIpc) is 3.52. The number of nitrogens with one attached hydrogen (secondary N) is 2. The number of halogens is 1. The first-order chi connectivity index (χ1) is 13.7. The fraction of sp³-hybridized carbons (Fsp3) is 0.300. The molecule has 29 heavy (non-hydrogen) atoms. The molecule has 0 spiro atoms. The average molecular weight is 436 g/mol. The minimum Gasteiger partial charge on any atom is -0.348 e. The van der Waals surface area contributed by atoms with Crippen LogP contribution in [0.25, 0.3) is 0 Å². The molecular weight excluding hydrogens is 414 g/mol. The highest BCUT2D eigenvalue weighted by Gasteiger charge is 2.29. The lowest BCUT2D eigenvalue weighted by Crippen LogP contribution is -2.25. The van der Waals surface area contributed by atoms with E-state index in [-0.39, 0.29) is 33.9 Å². The third kappa shape index (κ3) is 5.14. The molecule has 0 aromatic heterocycles. The van der Waals surface area contributed by atoms with E-state index in [9.17, 15) is 18.0 Å². The highest BCUT2D eigenvalue weighted by Crippen LogP contribution is 2.30. The van der Waals surface area contributed by atoms with Crippen LogP contribution < -0.4 is 10.6 Å². The number of carbonyl (C=O) groups is 2. The van der Waals surface area contributed by atoms with Crippen LogP contribution in [0.15, 0.2) is 47.4 Å². The van der Waals surface area contributed by atoms with Crippen molar-refractivity contribution in [1.29, 1.82) is 0 Å². The zero-order chi connectivity index (χ0) is 21.2. The van der Waals surface area contributed by atoms with Gasteiger partial charge in [-0.2, -0.15) is 0 Å². The van der Waals surface area contributed by atoms with Gasteiger partial charge in [0, 0.05) is 37.8 Å². The molecule has 7 nitrogen and oxygen atoms in total. The monoisotopic (exact) mass is 435 g/mol. The molecule has 2 N–H and O–H groups in total. The second-order valence-electron chi connectivity index (χ2n) is 7.08. The standard InChI is InChI=1S/C20H22ClN3O4S/c1-24(2)29(27,28)18-11-15(8-9-17(18)21)19(25)22-12-13-4-3-5-16(10-13)23-20(26)14-6-7-14/h3-5,8-11,14H,6-7,12H2,1-2H3,(H,22,25)(H,23,26). The van der Waals surface area contributed by atoms with Gasteiger partial charge in [-0.25, -0.2) is 12.7 Å². The summed E-state index contributed by atoms with van der Waals surface area (Å²) < 4.78 is 25.8. The second-order valence-corrected chi connectivity index (χ2v) is 9.61. The van der Waals surface area contributed by atoms with E-state index in [1.807, 2.05) is 6.07 Å².